The summed E-state index contributed by atoms with van der Waals surface area (Å²) in [6.45, 7) is 1.54. The van der Waals surface area contributed by atoms with Gasteiger partial charge in [-0.15, -0.1) is 0 Å². The lowest BCUT2D eigenvalue weighted by molar-refractivity contribution is 0.154. The van der Waals surface area contributed by atoms with Crippen LogP contribution in [0.2, 0.25) is 0 Å². The van der Waals surface area contributed by atoms with Crippen molar-refractivity contribution in [1.29, 1.82) is 0 Å². The van der Waals surface area contributed by atoms with Crippen LogP contribution < -0.4 is 10.2 Å². The van der Waals surface area contributed by atoms with E-state index < -0.39 is 0 Å². The van der Waals surface area contributed by atoms with E-state index in [1.165, 1.54) is 0 Å². The molecule has 1 aliphatic heterocycles. The molecule has 1 fully saturated rings. The lowest BCUT2D eigenvalue weighted by Gasteiger charge is -2.31. The summed E-state index contributed by atoms with van der Waals surface area (Å²) in [5.41, 5.74) is 1.77. The number of rotatable bonds is 2. The van der Waals surface area contributed by atoms with Gasteiger partial charge < -0.3 is 15.3 Å². The van der Waals surface area contributed by atoms with Crippen molar-refractivity contribution in [2.75, 3.05) is 30.4 Å². The summed E-state index contributed by atoms with van der Waals surface area (Å²) in [7, 11) is 1.85. The number of aliphatic hydroxyl groups excluding tert-OH is 1. The summed E-state index contributed by atoms with van der Waals surface area (Å²) in [6.07, 6.45) is 1.58. The van der Waals surface area contributed by atoms with Crippen LogP contribution in [0.25, 0.3) is 11.0 Å². The summed E-state index contributed by atoms with van der Waals surface area (Å²) < 4.78 is 0. The second-order valence-corrected chi connectivity index (χ2v) is 4.88. The van der Waals surface area contributed by atoms with Crippen molar-refractivity contribution in [2.45, 2.75) is 18.9 Å². The maximum atomic E-state index is 9.81. The van der Waals surface area contributed by atoms with Crippen LogP contribution in [-0.4, -0.2) is 41.3 Å². The van der Waals surface area contributed by atoms with Crippen molar-refractivity contribution < 1.29 is 5.11 Å². The Kier molecular flexibility index (Phi) is 3.21. The molecule has 0 radical (unpaired) electrons. The molecule has 3 rings (SSSR count). The first-order valence-corrected chi connectivity index (χ1v) is 6.65. The average Bonchev–Trinajstić information content (AvgIpc) is 2.46. The van der Waals surface area contributed by atoms with Crippen LogP contribution in [0.5, 0.6) is 0 Å². The Hall–Kier alpha value is -1.88. The van der Waals surface area contributed by atoms with Crippen molar-refractivity contribution in [2.24, 2.45) is 0 Å². The van der Waals surface area contributed by atoms with Gasteiger partial charge in [0.15, 0.2) is 11.6 Å². The highest BCUT2D eigenvalue weighted by molar-refractivity contribution is 5.80. The Morgan fingerprint density at radius 1 is 1.26 bits per heavy atom. The molecule has 0 saturated carbocycles. The summed E-state index contributed by atoms with van der Waals surface area (Å²) >= 11 is 0. The van der Waals surface area contributed by atoms with E-state index in [1.807, 2.05) is 31.3 Å². The van der Waals surface area contributed by atoms with Gasteiger partial charge in [0, 0.05) is 20.1 Å². The number of anilines is 2. The third kappa shape index (κ3) is 2.33. The molecule has 0 amide bonds. The second-order valence-electron chi connectivity index (χ2n) is 4.88. The third-order valence-corrected chi connectivity index (χ3v) is 3.48. The number of hydrogen-bond donors (Lipinski definition) is 2. The Morgan fingerprint density at radius 2 is 2.00 bits per heavy atom. The third-order valence-electron chi connectivity index (χ3n) is 3.48. The van der Waals surface area contributed by atoms with Gasteiger partial charge in [-0.2, -0.15) is 0 Å². The average molecular weight is 258 g/mol. The maximum absolute atomic E-state index is 9.81. The minimum atomic E-state index is -0.272. The fourth-order valence-electron chi connectivity index (χ4n) is 2.53. The SMILES string of the molecule is CNc1nc2ccccc2nc1N1CCC[C@H](O)C1. The van der Waals surface area contributed by atoms with E-state index in [2.05, 4.69) is 15.2 Å². The number of fused-ring (bicyclic) bond motifs is 1. The molecule has 0 bridgehead atoms. The van der Waals surface area contributed by atoms with Crippen LogP contribution in [0, 0.1) is 0 Å². The van der Waals surface area contributed by atoms with Gasteiger partial charge in [-0.1, -0.05) is 12.1 Å². The van der Waals surface area contributed by atoms with Crippen LogP contribution in [0.3, 0.4) is 0 Å². The minimum absolute atomic E-state index is 0.272. The molecule has 0 spiro atoms. The molecule has 1 atom stereocenters. The number of β-amino-alcohol motifs (C(OH)–C–C–N with tert-alkyl or cyclic N) is 1. The number of nitrogens with one attached hydrogen (secondary N) is 1. The van der Waals surface area contributed by atoms with E-state index in [-0.39, 0.29) is 6.10 Å². The number of piperidine rings is 1. The molecular formula is C14H18N4O. The van der Waals surface area contributed by atoms with Crippen LogP contribution in [-0.2, 0) is 0 Å². The van der Waals surface area contributed by atoms with E-state index in [0.717, 1.165) is 42.1 Å². The van der Waals surface area contributed by atoms with Crippen molar-refractivity contribution in [3.8, 4) is 0 Å². The normalized spacial score (nSPS) is 19.7. The molecule has 1 aromatic heterocycles. The molecule has 1 aliphatic rings. The van der Waals surface area contributed by atoms with Gasteiger partial charge in [0.2, 0.25) is 0 Å². The fourth-order valence-corrected chi connectivity index (χ4v) is 2.53. The molecule has 1 aromatic carbocycles. The van der Waals surface area contributed by atoms with Crippen molar-refractivity contribution in [3.63, 3.8) is 0 Å². The largest absolute Gasteiger partial charge is 0.391 e. The topological polar surface area (TPSA) is 61.3 Å². The predicted octanol–water partition coefficient (Wildman–Crippen LogP) is 1.63. The highest BCUT2D eigenvalue weighted by atomic mass is 16.3. The summed E-state index contributed by atoms with van der Waals surface area (Å²) in [5, 5.41) is 12.9. The first kappa shape index (κ1) is 12.2. The fraction of sp³-hybridized carbons (Fsp3) is 0.429. The number of hydrogen-bond acceptors (Lipinski definition) is 5. The van der Waals surface area contributed by atoms with Crippen molar-refractivity contribution in [3.05, 3.63) is 24.3 Å². The summed E-state index contributed by atoms with van der Waals surface area (Å²) in [4.78, 5) is 11.4. The number of nitrogens with zero attached hydrogens (tertiary/aromatic N) is 3. The van der Waals surface area contributed by atoms with Gasteiger partial charge in [-0.05, 0) is 25.0 Å². The highest BCUT2D eigenvalue weighted by Gasteiger charge is 2.22. The van der Waals surface area contributed by atoms with Crippen molar-refractivity contribution >= 4 is 22.7 Å². The number of para-hydroxylation sites is 2. The lowest BCUT2D eigenvalue weighted by Crippen LogP contribution is -2.39. The predicted molar refractivity (Wildman–Crippen MR) is 76.5 cm³/mol. The second kappa shape index (κ2) is 5.01. The molecule has 2 heterocycles. The molecule has 19 heavy (non-hydrogen) atoms. The van der Waals surface area contributed by atoms with Crippen LogP contribution in [0.4, 0.5) is 11.6 Å². The van der Waals surface area contributed by atoms with E-state index >= 15 is 0 Å². The van der Waals surface area contributed by atoms with Crippen LogP contribution in [0.1, 0.15) is 12.8 Å². The van der Waals surface area contributed by atoms with Crippen LogP contribution in [0.15, 0.2) is 24.3 Å². The smallest absolute Gasteiger partial charge is 0.172 e. The molecule has 5 heteroatoms. The molecule has 0 aliphatic carbocycles. The maximum Gasteiger partial charge on any atom is 0.172 e. The first-order valence-electron chi connectivity index (χ1n) is 6.65. The zero-order chi connectivity index (χ0) is 13.2. The minimum Gasteiger partial charge on any atom is -0.391 e. The van der Waals surface area contributed by atoms with Gasteiger partial charge in [0.05, 0.1) is 17.1 Å². The summed E-state index contributed by atoms with van der Waals surface area (Å²) in [6, 6.07) is 7.84. The van der Waals surface area contributed by atoms with Gasteiger partial charge >= 0.3 is 0 Å². The Labute approximate surface area is 112 Å². The monoisotopic (exact) mass is 258 g/mol. The van der Waals surface area contributed by atoms with Crippen LogP contribution >= 0.6 is 0 Å². The highest BCUT2D eigenvalue weighted by Crippen LogP contribution is 2.27. The molecule has 2 N–H and O–H groups in total. The molecule has 0 unspecified atom stereocenters. The Bertz CT molecular complexity index is 587. The number of benzene rings is 1. The van der Waals surface area contributed by atoms with Crippen molar-refractivity contribution in [1.82, 2.24) is 9.97 Å². The zero-order valence-electron chi connectivity index (χ0n) is 11.0. The molecule has 1 saturated heterocycles. The summed E-state index contributed by atoms with van der Waals surface area (Å²) in [5.74, 6) is 1.60. The quantitative estimate of drug-likeness (QED) is 0.857. The Balaban J connectivity index is 2.05. The van der Waals surface area contributed by atoms with Gasteiger partial charge in [0.25, 0.3) is 0 Å². The Morgan fingerprint density at radius 3 is 2.68 bits per heavy atom. The number of aromatic nitrogens is 2. The molecule has 100 valence electrons. The van der Waals surface area contributed by atoms with E-state index in [1.54, 1.807) is 0 Å². The first-order chi connectivity index (χ1) is 9.28. The lowest BCUT2D eigenvalue weighted by atomic mass is 10.1. The zero-order valence-corrected chi connectivity index (χ0v) is 11.0. The molecule has 2 aromatic rings. The van der Waals surface area contributed by atoms with Gasteiger partial charge in [-0.25, -0.2) is 9.97 Å². The molecular weight excluding hydrogens is 240 g/mol. The van der Waals surface area contributed by atoms with E-state index in [9.17, 15) is 5.11 Å². The van der Waals surface area contributed by atoms with E-state index in [0.29, 0.717) is 6.54 Å². The van der Waals surface area contributed by atoms with Gasteiger partial charge in [0.1, 0.15) is 0 Å². The number of aliphatic hydroxyl groups is 1. The molecule has 5 nitrogen and oxygen atoms in total. The van der Waals surface area contributed by atoms with E-state index in [4.69, 9.17) is 4.98 Å². The standard InChI is InChI=1S/C14H18N4O/c1-15-13-14(18-8-4-5-10(19)9-18)17-12-7-3-2-6-11(12)16-13/h2-3,6-7,10,19H,4-5,8-9H2,1H3,(H,15,16)/t10-/m0/s1. The van der Waals surface area contributed by atoms with Gasteiger partial charge in [-0.3, -0.25) is 0 Å².